The lowest BCUT2D eigenvalue weighted by Gasteiger charge is -2.28. The first-order valence-corrected chi connectivity index (χ1v) is 8.36. The Bertz CT molecular complexity index is 792. The molecule has 0 radical (unpaired) electrons. The van der Waals surface area contributed by atoms with Gasteiger partial charge in [0, 0.05) is 12.8 Å². The lowest BCUT2D eigenvalue weighted by molar-refractivity contribution is -0.120. The van der Waals surface area contributed by atoms with Gasteiger partial charge in [0.15, 0.2) is 0 Å². The summed E-state index contributed by atoms with van der Waals surface area (Å²) in [5.41, 5.74) is 5.57. The van der Waals surface area contributed by atoms with Gasteiger partial charge in [0.05, 0.1) is 12.2 Å². The molecule has 1 amide bonds. The van der Waals surface area contributed by atoms with Gasteiger partial charge in [0.25, 0.3) is 0 Å². The number of hydrogen-bond donors (Lipinski definition) is 0. The van der Waals surface area contributed by atoms with Gasteiger partial charge in [-0.2, -0.15) is 0 Å². The fourth-order valence-electron chi connectivity index (χ4n) is 3.18. The molecule has 0 unspecified atom stereocenters. The van der Waals surface area contributed by atoms with Crippen LogP contribution in [-0.2, 0) is 16.1 Å². The molecular weight excluding hydrogens is 298 g/mol. The highest BCUT2D eigenvalue weighted by molar-refractivity contribution is 5.99. The second-order valence-corrected chi connectivity index (χ2v) is 5.92. The zero-order valence-electron chi connectivity index (χ0n) is 13.9. The molecule has 0 saturated carbocycles. The highest BCUT2D eigenvalue weighted by atomic mass is 16.2. The minimum absolute atomic E-state index is 0.0160. The Morgan fingerprint density at radius 3 is 2.67 bits per heavy atom. The van der Waals surface area contributed by atoms with Crippen molar-refractivity contribution in [2.75, 3.05) is 4.90 Å². The standard InChI is InChI=1S/C21H21NO2/c1-2-16-14-17-8-4-6-11-20(17)22(21(24)12-7-13-23)15-18-9-3-5-10-19(16)18/h3-6,8-11,13-14H,2,7,12,15H2,1H3/b16-14-. The molecule has 2 aromatic carbocycles. The molecule has 122 valence electrons. The number of nitrogens with zero attached hydrogens (tertiary/aromatic N) is 1. The first-order chi connectivity index (χ1) is 11.7. The van der Waals surface area contributed by atoms with E-state index in [2.05, 4.69) is 25.1 Å². The molecule has 0 aromatic heterocycles. The first kappa shape index (κ1) is 16.2. The van der Waals surface area contributed by atoms with Crippen molar-refractivity contribution in [3.05, 3.63) is 65.2 Å². The molecule has 0 spiro atoms. The molecule has 1 aliphatic rings. The average molecular weight is 319 g/mol. The molecule has 0 atom stereocenters. The number of carbonyl (C=O) groups is 2. The normalized spacial score (nSPS) is 15.4. The third kappa shape index (κ3) is 3.16. The van der Waals surface area contributed by atoms with Crippen LogP contribution in [-0.4, -0.2) is 12.2 Å². The van der Waals surface area contributed by atoms with Gasteiger partial charge in [-0.15, -0.1) is 0 Å². The van der Waals surface area contributed by atoms with Gasteiger partial charge in [-0.25, -0.2) is 0 Å². The lowest BCUT2D eigenvalue weighted by Crippen LogP contribution is -2.31. The maximum atomic E-state index is 12.7. The Kier molecular flexibility index (Phi) is 4.90. The third-order valence-electron chi connectivity index (χ3n) is 4.41. The maximum Gasteiger partial charge on any atom is 0.227 e. The summed E-state index contributed by atoms with van der Waals surface area (Å²) in [7, 11) is 0. The summed E-state index contributed by atoms with van der Waals surface area (Å²) in [6, 6.07) is 16.2. The summed E-state index contributed by atoms with van der Waals surface area (Å²) in [5, 5.41) is 0. The summed E-state index contributed by atoms with van der Waals surface area (Å²) in [6.45, 7) is 2.68. The molecule has 2 aromatic rings. The fourth-order valence-corrected chi connectivity index (χ4v) is 3.18. The van der Waals surface area contributed by atoms with Gasteiger partial charge in [-0.1, -0.05) is 49.4 Å². The van der Waals surface area contributed by atoms with E-state index in [1.807, 2.05) is 36.4 Å². The van der Waals surface area contributed by atoms with E-state index in [1.54, 1.807) is 4.90 Å². The number of fused-ring (bicyclic) bond motifs is 2. The van der Waals surface area contributed by atoms with Crippen LogP contribution in [0.4, 0.5) is 5.69 Å². The van der Waals surface area contributed by atoms with Crippen molar-refractivity contribution < 1.29 is 9.59 Å². The van der Waals surface area contributed by atoms with Crippen LogP contribution >= 0.6 is 0 Å². The number of rotatable bonds is 4. The Morgan fingerprint density at radius 2 is 1.88 bits per heavy atom. The van der Waals surface area contributed by atoms with Gasteiger partial charge in [0.1, 0.15) is 6.29 Å². The second-order valence-electron chi connectivity index (χ2n) is 5.92. The van der Waals surface area contributed by atoms with Crippen molar-refractivity contribution in [2.45, 2.75) is 32.7 Å². The number of carbonyl (C=O) groups excluding carboxylic acids is 2. The molecule has 3 nitrogen and oxygen atoms in total. The number of anilines is 1. The van der Waals surface area contributed by atoms with Crippen LogP contribution in [0.2, 0.25) is 0 Å². The topological polar surface area (TPSA) is 37.4 Å². The lowest BCUT2D eigenvalue weighted by atomic mass is 9.93. The number of benzene rings is 2. The number of allylic oxidation sites excluding steroid dienone is 1. The largest absolute Gasteiger partial charge is 0.307 e. The van der Waals surface area contributed by atoms with E-state index in [1.165, 1.54) is 11.1 Å². The third-order valence-corrected chi connectivity index (χ3v) is 4.41. The van der Waals surface area contributed by atoms with E-state index >= 15 is 0 Å². The molecule has 0 N–H and O–H groups in total. The molecule has 0 fully saturated rings. The minimum atomic E-state index is -0.0160. The molecule has 3 heteroatoms. The van der Waals surface area contributed by atoms with Crippen LogP contribution in [0, 0.1) is 0 Å². The predicted molar refractivity (Wildman–Crippen MR) is 97.5 cm³/mol. The second kappa shape index (κ2) is 7.26. The van der Waals surface area contributed by atoms with E-state index in [0.29, 0.717) is 6.54 Å². The van der Waals surface area contributed by atoms with Crippen molar-refractivity contribution in [3.63, 3.8) is 0 Å². The van der Waals surface area contributed by atoms with Crippen LogP contribution in [0.1, 0.15) is 42.9 Å². The van der Waals surface area contributed by atoms with E-state index in [9.17, 15) is 9.59 Å². The number of para-hydroxylation sites is 1. The molecule has 0 bridgehead atoms. The summed E-state index contributed by atoms with van der Waals surface area (Å²) in [5.74, 6) is -0.0160. The molecule has 1 aliphatic heterocycles. The van der Waals surface area contributed by atoms with Crippen LogP contribution in [0.15, 0.2) is 48.5 Å². The Labute approximate surface area is 142 Å². The van der Waals surface area contributed by atoms with Crippen LogP contribution in [0.5, 0.6) is 0 Å². The summed E-state index contributed by atoms with van der Waals surface area (Å²) in [4.78, 5) is 25.2. The van der Waals surface area contributed by atoms with Crippen LogP contribution < -0.4 is 4.90 Å². The minimum Gasteiger partial charge on any atom is -0.307 e. The molecule has 24 heavy (non-hydrogen) atoms. The van der Waals surface area contributed by atoms with Gasteiger partial charge >= 0.3 is 0 Å². The van der Waals surface area contributed by atoms with Crippen molar-refractivity contribution in [1.82, 2.24) is 0 Å². The molecule has 3 rings (SSSR count). The number of aldehydes is 1. The SMILES string of the molecule is CC/C1=C/c2ccccc2N(C(=O)CCC=O)Cc2ccccc21. The monoisotopic (exact) mass is 319 g/mol. The Hall–Kier alpha value is -2.68. The first-order valence-electron chi connectivity index (χ1n) is 8.36. The number of hydrogen-bond acceptors (Lipinski definition) is 2. The highest BCUT2D eigenvalue weighted by Crippen LogP contribution is 2.34. The van der Waals surface area contributed by atoms with Crippen LogP contribution in [0.3, 0.4) is 0 Å². The van der Waals surface area contributed by atoms with Crippen molar-refractivity contribution in [1.29, 1.82) is 0 Å². The van der Waals surface area contributed by atoms with E-state index in [-0.39, 0.29) is 18.7 Å². The molecular formula is C21H21NO2. The van der Waals surface area contributed by atoms with E-state index < -0.39 is 0 Å². The van der Waals surface area contributed by atoms with E-state index in [0.717, 1.165) is 29.5 Å². The smallest absolute Gasteiger partial charge is 0.227 e. The van der Waals surface area contributed by atoms with Crippen molar-refractivity contribution in [3.8, 4) is 0 Å². The maximum absolute atomic E-state index is 12.7. The van der Waals surface area contributed by atoms with Gasteiger partial charge in [0.2, 0.25) is 5.91 Å². The zero-order chi connectivity index (χ0) is 16.9. The summed E-state index contributed by atoms with van der Waals surface area (Å²) in [6.07, 6.45) is 4.41. The van der Waals surface area contributed by atoms with E-state index in [4.69, 9.17) is 0 Å². The predicted octanol–water partition coefficient (Wildman–Crippen LogP) is 4.46. The van der Waals surface area contributed by atoms with Crippen molar-refractivity contribution >= 4 is 29.5 Å². The Morgan fingerprint density at radius 1 is 1.12 bits per heavy atom. The average Bonchev–Trinajstić information content (AvgIpc) is 2.61. The fraction of sp³-hybridized carbons (Fsp3) is 0.238. The molecule has 0 aliphatic carbocycles. The van der Waals surface area contributed by atoms with Crippen molar-refractivity contribution in [2.24, 2.45) is 0 Å². The number of amides is 1. The van der Waals surface area contributed by atoms with Gasteiger partial charge in [-0.3, -0.25) is 4.79 Å². The summed E-state index contributed by atoms with van der Waals surface area (Å²) < 4.78 is 0. The quantitative estimate of drug-likeness (QED) is 0.780. The molecule has 1 heterocycles. The van der Waals surface area contributed by atoms with Crippen LogP contribution in [0.25, 0.3) is 11.6 Å². The summed E-state index contributed by atoms with van der Waals surface area (Å²) >= 11 is 0. The zero-order valence-corrected chi connectivity index (χ0v) is 13.9. The molecule has 0 saturated heterocycles. The highest BCUT2D eigenvalue weighted by Gasteiger charge is 2.22. The van der Waals surface area contributed by atoms with Gasteiger partial charge < -0.3 is 9.69 Å². The van der Waals surface area contributed by atoms with Gasteiger partial charge in [-0.05, 0) is 40.8 Å². The Balaban J connectivity index is 2.14.